The van der Waals surface area contributed by atoms with Crippen LogP contribution in [0.2, 0.25) is 0 Å². The molecular formula is C27H30N6O. The lowest BCUT2D eigenvalue weighted by Gasteiger charge is -2.34. The van der Waals surface area contributed by atoms with E-state index >= 15 is 0 Å². The van der Waals surface area contributed by atoms with Gasteiger partial charge in [0, 0.05) is 17.7 Å². The van der Waals surface area contributed by atoms with Crippen LogP contribution >= 0.6 is 0 Å². The Labute approximate surface area is 199 Å². The maximum Gasteiger partial charge on any atom is 0.222 e. The number of aromatic amines is 1. The number of fused-ring (bicyclic) bond motifs is 3. The number of nitrogens with two attached hydrogens (primary N) is 1. The number of aryl methyl sites for hydroxylation is 2. The van der Waals surface area contributed by atoms with Crippen molar-refractivity contribution in [2.45, 2.75) is 46.6 Å². The zero-order chi connectivity index (χ0) is 23.4. The minimum absolute atomic E-state index is 0.234. The van der Waals surface area contributed by atoms with Gasteiger partial charge < -0.3 is 20.4 Å². The summed E-state index contributed by atoms with van der Waals surface area (Å²) < 4.78 is 6.15. The van der Waals surface area contributed by atoms with Crippen LogP contribution in [0, 0.1) is 12.3 Å². The van der Waals surface area contributed by atoms with Gasteiger partial charge in [0.1, 0.15) is 24.0 Å². The van der Waals surface area contributed by atoms with Gasteiger partial charge in [-0.2, -0.15) is 4.98 Å². The van der Waals surface area contributed by atoms with Crippen LogP contribution in [0.3, 0.4) is 0 Å². The van der Waals surface area contributed by atoms with Gasteiger partial charge in [0.15, 0.2) is 0 Å². The van der Waals surface area contributed by atoms with Crippen molar-refractivity contribution in [2.24, 2.45) is 5.41 Å². The zero-order valence-electron chi connectivity index (χ0n) is 20.0. The van der Waals surface area contributed by atoms with Crippen molar-refractivity contribution in [2.75, 3.05) is 23.8 Å². The van der Waals surface area contributed by atoms with Crippen molar-refractivity contribution in [3.63, 3.8) is 0 Å². The summed E-state index contributed by atoms with van der Waals surface area (Å²) in [4.78, 5) is 19.5. The topological polar surface area (TPSA) is 93.0 Å². The van der Waals surface area contributed by atoms with E-state index in [1.165, 1.54) is 5.56 Å². The molecule has 0 saturated carbocycles. The summed E-state index contributed by atoms with van der Waals surface area (Å²) in [5, 5.41) is 0. The number of hydrogen-bond acceptors (Lipinski definition) is 6. The van der Waals surface area contributed by atoms with Crippen molar-refractivity contribution in [3.8, 4) is 16.9 Å². The average Bonchev–Trinajstić information content (AvgIpc) is 3.04. The largest absolute Gasteiger partial charge is 0.491 e. The van der Waals surface area contributed by atoms with Crippen molar-refractivity contribution in [3.05, 3.63) is 59.0 Å². The normalized spacial score (nSPS) is 17.1. The van der Waals surface area contributed by atoms with Crippen molar-refractivity contribution >= 4 is 22.8 Å². The number of imidazole rings is 1. The summed E-state index contributed by atoms with van der Waals surface area (Å²) in [6.07, 6.45) is 3.03. The van der Waals surface area contributed by atoms with E-state index in [9.17, 15) is 0 Å². The van der Waals surface area contributed by atoms with Crippen LogP contribution in [0.4, 0.5) is 11.8 Å². The van der Waals surface area contributed by atoms with Gasteiger partial charge in [-0.1, -0.05) is 26.0 Å². The number of anilines is 2. The minimum atomic E-state index is 0.234. The summed E-state index contributed by atoms with van der Waals surface area (Å²) in [5.74, 6) is 3.18. The molecule has 0 atom stereocenters. The number of aromatic nitrogens is 4. The Balaban J connectivity index is 1.38. The van der Waals surface area contributed by atoms with E-state index in [0.717, 1.165) is 83.2 Å². The lowest BCUT2D eigenvalue weighted by Crippen LogP contribution is -2.31. The molecule has 0 unspecified atom stereocenters. The van der Waals surface area contributed by atoms with Crippen LogP contribution in [0.5, 0.6) is 5.75 Å². The van der Waals surface area contributed by atoms with Crippen LogP contribution in [0.15, 0.2) is 36.4 Å². The Hall–Kier alpha value is -3.61. The Bertz CT molecular complexity index is 1410. The lowest BCUT2D eigenvalue weighted by atomic mass is 9.76. The summed E-state index contributed by atoms with van der Waals surface area (Å²) >= 11 is 0. The third-order valence-corrected chi connectivity index (χ3v) is 7.06. The third-order valence-electron chi connectivity index (χ3n) is 7.06. The van der Waals surface area contributed by atoms with Crippen molar-refractivity contribution < 1.29 is 4.74 Å². The van der Waals surface area contributed by atoms with Gasteiger partial charge in [0.2, 0.25) is 5.95 Å². The fourth-order valence-electron chi connectivity index (χ4n) is 5.28. The molecule has 7 nitrogen and oxygen atoms in total. The Morgan fingerprint density at radius 2 is 1.88 bits per heavy atom. The van der Waals surface area contributed by atoms with Crippen LogP contribution < -0.4 is 15.4 Å². The van der Waals surface area contributed by atoms with E-state index in [4.69, 9.17) is 15.5 Å². The summed E-state index contributed by atoms with van der Waals surface area (Å²) in [6, 6.07) is 12.8. The number of nitrogen functional groups attached to an aromatic ring is 1. The number of nitrogens with one attached hydrogen (secondary N) is 1. The second kappa shape index (κ2) is 7.72. The monoisotopic (exact) mass is 454 g/mol. The van der Waals surface area contributed by atoms with E-state index in [1.807, 2.05) is 6.92 Å². The zero-order valence-corrected chi connectivity index (χ0v) is 20.0. The lowest BCUT2D eigenvalue weighted by molar-refractivity contribution is 0.311. The van der Waals surface area contributed by atoms with E-state index in [2.05, 4.69) is 70.1 Å². The number of H-pyrrole nitrogens is 1. The first-order valence-electron chi connectivity index (χ1n) is 12.0. The molecule has 0 saturated heterocycles. The molecule has 0 radical (unpaired) electrons. The maximum absolute atomic E-state index is 6.15. The molecule has 6 rings (SSSR count). The second-order valence-corrected chi connectivity index (χ2v) is 10.3. The molecule has 2 aromatic heterocycles. The molecule has 0 bridgehead atoms. The SMILES string of the molecule is Cc1nc2ccc(-c3ccc4c(c3)CN(c3nc(N)nc5c3CC(C)(C)CC5)CCO4)cc2[nH]1. The van der Waals surface area contributed by atoms with Gasteiger partial charge >= 0.3 is 0 Å². The summed E-state index contributed by atoms with van der Waals surface area (Å²) in [7, 11) is 0. The van der Waals surface area contributed by atoms with Gasteiger partial charge in [-0.3, -0.25) is 0 Å². The molecule has 34 heavy (non-hydrogen) atoms. The highest BCUT2D eigenvalue weighted by molar-refractivity contribution is 5.82. The predicted octanol–water partition coefficient (Wildman–Crippen LogP) is 4.82. The highest BCUT2D eigenvalue weighted by Crippen LogP contribution is 2.39. The predicted molar refractivity (Wildman–Crippen MR) is 135 cm³/mol. The summed E-state index contributed by atoms with van der Waals surface area (Å²) in [5.41, 5.74) is 14.2. The Morgan fingerprint density at radius 3 is 2.76 bits per heavy atom. The van der Waals surface area contributed by atoms with Gasteiger partial charge in [-0.15, -0.1) is 0 Å². The van der Waals surface area contributed by atoms with Gasteiger partial charge in [-0.05, 0) is 67.0 Å². The van der Waals surface area contributed by atoms with Crippen LogP contribution in [0.1, 0.15) is 42.9 Å². The van der Waals surface area contributed by atoms with Crippen LogP contribution in [-0.2, 0) is 19.4 Å². The Kier molecular flexibility index (Phi) is 4.76. The number of ether oxygens (including phenoxy) is 1. The fraction of sp³-hybridized carbons (Fsp3) is 0.370. The third kappa shape index (κ3) is 3.75. The highest BCUT2D eigenvalue weighted by atomic mass is 16.5. The molecule has 1 aliphatic heterocycles. The van der Waals surface area contributed by atoms with Crippen molar-refractivity contribution in [1.29, 1.82) is 0 Å². The van der Waals surface area contributed by atoms with Gasteiger partial charge in [0.25, 0.3) is 0 Å². The quantitative estimate of drug-likeness (QED) is 0.451. The molecule has 174 valence electrons. The first-order valence-corrected chi connectivity index (χ1v) is 12.0. The van der Waals surface area contributed by atoms with Gasteiger partial charge in [-0.25, -0.2) is 9.97 Å². The molecule has 4 aromatic rings. The smallest absolute Gasteiger partial charge is 0.222 e. The first kappa shape index (κ1) is 21.0. The number of rotatable bonds is 2. The van der Waals surface area contributed by atoms with Crippen LogP contribution in [0.25, 0.3) is 22.2 Å². The molecule has 1 aliphatic carbocycles. The molecule has 0 spiro atoms. The van der Waals surface area contributed by atoms with Gasteiger partial charge in [0.05, 0.1) is 23.3 Å². The van der Waals surface area contributed by atoms with Crippen LogP contribution in [-0.4, -0.2) is 33.1 Å². The average molecular weight is 455 g/mol. The standard InChI is InChI=1S/C27H30N6O/c1-16-29-22-6-4-18(13-23(22)30-16)17-5-7-24-19(12-17)15-33(10-11-34-24)25-20-14-27(2,3)9-8-21(20)31-26(28)32-25/h4-7,12-13H,8-11,14-15H2,1-3H3,(H,29,30)(H2,28,31,32). The molecule has 0 amide bonds. The van der Waals surface area contributed by atoms with E-state index in [0.29, 0.717) is 12.6 Å². The fourth-order valence-corrected chi connectivity index (χ4v) is 5.28. The Morgan fingerprint density at radius 1 is 1.06 bits per heavy atom. The molecule has 0 fully saturated rings. The number of benzene rings is 2. The molecular weight excluding hydrogens is 424 g/mol. The number of nitrogens with zero attached hydrogens (tertiary/aromatic N) is 4. The van der Waals surface area contributed by atoms with E-state index < -0.39 is 0 Å². The molecule has 3 heterocycles. The minimum Gasteiger partial charge on any atom is -0.491 e. The summed E-state index contributed by atoms with van der Waals surface area (Å²) in [6.45, 7) is 8.70. The maximum atomic E-state index is 6.15. The van der Waals surface area contributed by atoms with Crippen molar-refractivity contribution in [1.82, 2.24) is 19.9 Å². The number of hydrogen-bond donors (Lipinski definition) is 2. The molecule has 3 N–H and O–H groups in total. The van der Waals surface area contributed by atoms with E-state index in [1.54, 1.807) is 0 Å². The molecule has 2 aromatic carbocycles. The molecule has 2 aliphatic rings. The highest BCUT2D eigenvalue weighted by Gasteiger charge is 2.31. The molecule has 7 heteroatoms. The van der Waals surface area contributed by atoms with E-state index in [-0.39, 0.29) is 5.41 Å². The first-order chi connectivity index (χ1) is 16.3. The second-order valence-electron chi connectivity index (χ2n) is 10.3.